The molecule has 0 bridgehead atoms. The summed E-state index contributed by atoms with van der Waals surface area (Å²) in [5, 5.41) is 2.79. The lowest BCUT2D eigenvalue weighted by Gasteiger charge is -2.28. The Kier molecular flexibility index (Phi) is 6.58. The summed E-state index contributed by atoms with van der Waals surface area (Å²) in [5.41, 5.74) is 1.48. The van der Waals surface area contributed by atoms with E-state index >= 15 is 0 Å². The highest BCUT2D eigenvalue weighted by molar-refractivity contribution is 7.92. The van der Waals surface area contributed by atoms with Crippen molar-refractivity contribution in [2.75, 3.05) is 17.1 Å². The van der Waals surface area contributed by atoms with Gasteiger partial charge in [0.25, 0.3) is 0 Å². The number of amides is 1. The van der Waals surface area contributed by atoms with Crippen LogP contribution >= 0.6 is 0 Å². The fraction of sp³-hybridized carbons (Fsp3) is 0.500. The SMILES string of the molecule is C[C@@H](C(=O)NCCC1=CCCCC1)N(c1cccc(F)c1)S(C)(=O)=O. The fourth-order valence-corrected chi connectivity index (χ4v) is 4.21. The molecule has 1 aromatic carbocycles. The number of allylic oxidation sites excluding steroid dienone is 1. The van der Waals surface area contributed by atoms with Gasteiger partial charge < -0.3 is 5.32 Å². The van der Waals surface area contributed by atoms with Crippen molar-refractivity contribution >= 4 is 21.6 Å². The van der Waals surface area contributed by atoms with Gasteiger partial charge in [-0.15, -0.1) is 0 Å². The van der Waals surface area contributed by atoms with Gasteiger partial charge in [0.1, 0.15) is 11.9 Å². The topological polar surface area (TPSA) is 66.5 Å². The normalized spacial score (nSPS) is 16.0. The highest BCUT2D eigenvalue weighted by Crippen LogP contribution is 2.22. The van der Waals surface area contributed by atoms with Gasteiger partial charge in [0.05, 0.1) is 11.9 Å². The summed E-state index contributed by atoms with van der Waals surface area (Å²) in [6, 6.07) is 4.27. The Morgan fingerprint density at radius 3 is 2.72 bits per heavy atom. The van der Waals surface area contributed by atoms with E-state index in [0.29, 0.717) is 6.54 Å². The van der Waals surface area contributed by atoms with Crippen molar-refractivity contribution in [3.05, 3.63) is 41.7 Å². The van der Waals surface area contributed by atoms with Gasteiger partial charge in [-0.2, -0.15) is 0 Å². The van der Waals surface area contributed by atoms with E-state index < -0.39 is 27.8 Å². The summed E-state index contributed by atoms with van der Waals surface area (Å²) in [6.07, 6.45) is 8.53. The van der Waals surface area contributed by atoms with Crippen LogP contribution in [0, 0.1) is 5.82 Å². The summed E-state index contributed by atoms with van der Waals surface area (Å²) >= 11 is 0. The summed E-state index contributed by atoms with van der Waals surface area (Å²) in [6.45, 7) is 1.97. The third-order valence-electron chi connectivity index (χ3n) is 4.28. The third-order valence-corrected chi connectivity index (χ3v) is 5.52. The molecule has 0 saturated carbocycles. The molecule has 0 unspecified atom stereocenters. The second-order valence-corrected chi connectivity index (χ2v) is 8.22. The van der Waals surface area contributed by atoms with Crippen LogP contribution in [0.5, 0.6) is 0 Å². The van der Waals surface area contributed by atoms with Crippen molar-refractivity contribution < 1.29 is 17.6 Å². The Bertz CT molecular complexity index is 746. The molecular weight excluding hydrogens is 343 g/mol. The lowest BCUT2D eigenvalue weighted by atomic mass is 9.97. The van der Waals surface area contributed by atoms with Crippen LogP contribution in [0.25, 0.3) is 0 Å². The largest absolute Gasteiger partial charge is 0.354 e. The molecule has 0 saturated heterocycles. The number of benzene rings is 1. The van der Waals surface area contributed by atoms with Gasteiger partial charge in [0.2, 0.25) is 15.9 Å². The quantitative estimate of drug-likeness (QED) is 0.753. The van der Waals surface area contributed by atoms with Crippen LogP contribution < -0.4 is 9.62 Å². The van der Waals surface area contributed by atoms with Crippen molar-refractivity contribution in [2.24, 2.45) is 0 Å². The van der Waals surface area contributed by atoms with Crippen LogP contribution in [0.3, 0.4) is 0 Å². The first kappa shape index (κ1) is 19.4. The maximum atomic E-state index is 13.5. The maximum Gasteiger partial charge on any atom is 0.243 e. The molecule has 1 N–H and O–H groups in total. The van der Waals surface area contributed by atoms with Crippen LogP contribution in [0.15, 0.2) is 35.9 Å². The third kappa shape index (κ3) is 5.56. The number of hydrogen-bond acceptors (Lipinski definition) is 3. The Morgan fingerprint density at radius 1 is 1.36 bits per heavy atom. The van der Waals surface area contributed by atoms with E-state index in [4.69, 9.17) is 0 Å². The van der Waals surface area contributed by atoms with Crippen molar-refractivity contribution in [2.45, 2.75) is 45.1 Å². The Hall–Kier alpha value is -1.89. The minimum absolute atomic E-state index is 0.139. The van der Waals surface area contributed by atoms with Crippen molar-refractivity contribution in [3.8, 4) is 0 Å². The molecule has 2 rings (SSSR count). The number of nitrogens with one attached hydrogen (secondary N) is 1. The van der Waals surface area contributed by atoms with E-state index in [9.17, 15) is 17.6 Å². The highest BCUT2D eigenvalue weighted by Gasteiger charge is 2.29. The standard InChI is InChI=1S/C18H25FN2O3S/c1-14(18(22)20-12-11-15-7-4-3-5-8-15)21(25(2,23)24)17-10-6-9-16(19)13-17/h6-7,9-10,13-14H,3-5,8,11-12H2,1-2H3,(H,20,22)/t14-/m0/s1. The van der Waals surface area contributed by atoms with Gasteiger partial charge in [-0.25, -0.2) is 12.8 Å². The van der Waals surface area contributed by atoms with Crippen LogP contribution in [-0.2, 0) is 14.8 Å². The average Bonchev–Trinajstić information content (AvgIpc) is 2.54. The Labute approximate surface area is 149 Å². The van der Waals surface area contributed by atoms with Crippen molar-refractivity contribution in [1.82, 2.24) is 5.32 Å². The molecule has 0 aromatic heterocycles. The van der Waals surface area contributed by atoms with E-state index in [-0.39, 0.29) is 5.69 Å². The minimum Gasteiger partial charge on any atom is -0.354 e. The average molecular weight is 368 g/mol. The van der Waals surface area contributed by atoms with Crippen LogP contribution in [-0.4, -0.2) is 33.2 Å². The smallest absolute Gasteiger partial charge is 0.243 e. The summed E-state index contributed by atoms with van der Waals surface area (Å²) < 4.78 is 38.7. The number of nitrogens with zero attached hydrogens (tertiary/aromatic N) is 1. The molecule has 138 valence electrons. The number of rotatable bonds is 7. The first-order valence-electron chi connectivity index (χ1n) is 8.49. The monoisotopic (exact) mass is 368 g/mol. The molecule has 25 heavy (non-hydrogen) atoms. The summed E-state index contributed by atoms with van der Waals surface area (Å²) in [4.78, 5) is 12.4. The zero-order chi connectivity index (χ0) is 18.4. The van der Waals surface area contributed by atoms with Crippen molar-refractivity contribution in [1.29, 1.82) is 0 Å². The second-order valence-electron chi connectivity index (χ2n) is 6.36. The fourth-order valence-electron chi connectivity index (χ4n) is 3.05. The Balaban J connectivity index is 2.04. The van der Waals surface area contributed by atoms with Gasteiger partial charge in [-0.1, -0.05) is 17.7 Å². The number of hydrogen-bond donors (Lipinski definition) is 1. The summed E-state index contributed by atoms with van der Waals surface area (Å²) in [7, 11) is -3.73. The van der Waals surface area contributed by atoms with Crippen LogP contribution in [0.1, 0.15) is 39.0 Å². The Morgan fingerprint density at radius 2 is 2.12 bits per heavy atom. The molecule has 0 fully saturated rings. The van der Waals surface area contributed by atoms with Gasteiger partial charge in [0, 0.05) is 6.54 Å². The molecular formula is C18H25FN2O3S. The highest BCUT2D eigenvalue weighted by atomic mass is 32.2. The number of carbonyl (C=O) groups excluding carboxylic acids is 1. The molecule has 1 aromatic rings. The van der Waals surface area contributed by atoms with Gasteiger partial charge in [0.15, 0.2) is 0 Å². The number of anilines is 1. The van der Waals surface area contributed by atoms with E-state index in [1.165, 1.54) is 43.5 Å². The molecule has 1 aliphatic carbocycles. The molecule has 1 aliphatic rings. The molecule has 1 amide bonds. The second kappa shape index (κ2) is 8.47. The molecule has 0 spiro atoms. The van der Waals surface area contributed by atoms with Gasteiger partial charge in [-0.05, 0) is 57.2 Å². The first-order chi connectivity index (χ1) is 11.8. The predicted octanol–water partition coefficient (Wildman–Crippen LogP) is 2.99. The van der Waals surface area contributed by atoms with Crippen LogP contribution in [0.4, 0.5) is 10.1 Å². The minimum atomic E-state index is -3.73. The van der Waals surface area contributed by atoms with E-state index in [1.807, 2.05) is 0 Å². The zero-order valence-electron chi connectivity index (χ0n) is 14.7. The molecule has 0 radical (unpaired) electrons. The van der Waals surface area contributed by atoms with E-state index in [1.54, 1.807) is 0 Å². The lowest BCUT2D eigenvalue weighted by Crippen LogP contribution is -2.48. The predicted molar refractivity (Wildman–Crippen MR) is 97.4 cm³/mol. The van der Waals surface area contributed by atoms with Crippen molar-refractivity contribution in [3.63, 3.8) is 0 Å². The maximum absolute atomic E-state index is 13.5. The number of halogens is 1. The first-order valence-corrected chi connectivity index (χ1v) is 10.3. The van der Waals surface area contributed by atoms with Gasteiger partial charge >= 0.3 is 0 Å². The molecule has 1 atom stereocenters. The number of sulfonamides is 1. The molecule has 0 aliphatic heterocycles. The number of carbonyl (C=O) groups is 1. The van der Waals surface area contributed by atoms with E-state index in [2.05, 4.69) is 11.4 Å². The van der Waals surface area contributed by atoms with Crippen LogP contribution in [0.2, 0.25) is 0 Å². The van der Waals surface area contributed by atoms with E-state index in [0.717, 1.165) is 35.9 Å². The van der Waals surface area contributed by atoms with Gasteiger partial charge in [-0.3, -0.25) is 9.10 Å². The lowest BCUT2D eigenvalue weighted by molar-refractivity contribution is -0.121. The molecule has 7 heteroatoms. The summed E-state index contributed by atoms with van der Waals surface area (Å²) in [5.74, 6) is -0.950. The molecule has 0 heterocycles. The zero-order valence-corrected chi connectivity index (χ0v) is 15.5. The molecule has 5 nitrogen and oxygen atoms in total.